The van der Waals surface area contributed by atoms with E-state index in [-0.39, 0.29) is 44.0 Å². The third-order valence-corrected chi connectivity index (χ3v) is 10.0. The number of carbonyl (C=O) groups excluding carboxylic acids is 5. The van der Waals surface area contributed by atoms with Crippen molar-refractivity contribution in [1.82, 2.24) is 45.8 Å². The number of H-pyrrole nitrogens is 1. The van der Waals surface area contributed by atoms with Gasteiger partial charge in [-0.2, -0.15) is 0 Å². The Morgan fingerprint density at radius 3 is 2.49 bits per heavy atom. The first-order chi connectivity index (χ1) is 25.2. The Morgan fingerprint density at radius 1 is 1.06 bits per heavy atom. The van der Waals surface area contributed by atoms with Crippen LogP contribution >= 0.6 is 0 Å². The molecule has 286 valence electrons. The zero-order chi connectivity index (χ0) is 38.3. The molecule has 1 aliphatic carbocycles. The zero-order valence-electron chi connectivity index (χ0n) is 29.9. The lowest BCUT2D eigenvalue weighted by Gasteiger charge is -2.32. The Labute approximate surface area is 305 Å². The summed E-state index contributed by atoms with van der Waals surface area (Å²) in [7, 11) is 0. The quantitative estimate of drug-likeness (QED) is 0.0813. The van der Waals surface area contributed by atoms with Crippen LogP contribution in [-0.4, -0.2) is 107 Å². The molecule has 1 aliphatic heterocycles. The van der Waals surface area contributed by atoms with E-state index in [0.29, 0.717) is 24.1 Å². The number of aliphatic hydroxyl groups is 1. The molecule has 2 unspecified atom stereocenters. The van der Waals surface area contributed by atoms with Gasteiger partial charge < -0.3 is 41.8 Å². The van der Waals surface area contributed by atoms with Gasteiger partial charge in [-0.15, -0.1) is 5.10 Å². The lowest BCUT2D eigenvalue weighted by atomic mass is 9.84. The number of hydrogen-bond acceptors (Lipinski definition) is 10. The number of hydrogen-bond donors (Lipinski definition) is 7. The number of aromatic nitrogens is 5. The van der Waals surface area contributed by atoms with Gasteiger partial charge in [-0.3, -0.25) is 29.0 Å². The van der Waals surface area contributed by atoms with Gasteiger partial charge in [0, 0.05) is 42.8 Å². The van der Waals surface area contributed by atoms with E-state index in [0.717, 1.165) is 37.5 Å². The fourth-order valence-electron chi connectivity index (χ4n) is 7.32. The second kappa shape index (κ2) is 17.0. The molecule has 0 radical (unpaired) electrons. The molecule has 0 bridgehead atoms. The van der Waals surface area contributed by atoms with E-state index in [1.165, 1.54) is 15.8 Å². The smallest absolute Gasteiger partial charge is 0.404 e. The van der Waals surface area contributed by atoms with Crippen molar-refractivity contribution >= 4 is 46.4 Å². The summed E-state index contributed by atoms with van der Waals surface area (Å²) < 4.78 is 1.47. The molecule has 5 amide bonds. The van der Waals surface area contributed by atoms with Gasteiger partial charge in [-0.25, -0.2) is 9.48 Å². The minimum atomic E-state index is -1.36. The first-order valence-corrected chi connectivity index (χ1v) is 18.0. The minimum absolute atomic E-state index is 0.00871. The number of unbranched alkanes of at least 4 members (excludes halogenated alkanes) is 1. The number of aromatic amines is 1. The molecule has 4 atom stereocenters. The number of ketones is 1. The van der Waals surface area contributed by atoms with Crippen LogP contribution in [0.25, 0.3) is 10.9 Å². The predicted molar refractivity (Wildman–Crippen MR) is 189 cm³/mol. The lowest BCUT2D eigenvalue weighted by molar-refractivity contribution is -0.142. The minimum Gasteiger partial charge on any atom is -0.465 e. The second-order valence-electron chi connectivity index (χ2n) is 14.4. The van der Waals surface area contributed by atoms with Crippen LogP contribution in [0.15, 0.2) is 30.7 Å². The van der Waals surface area contributed by atoms with Crippen molar-refractivity contribution in [2.45, 2.75) is 108 Å². The van der Waals surface area contributed by atoms with Crippen LogP contribution in [0.3, 0.4) is 0 Å². The molecule has 8 N–H and O–H groups in total. The van der Waals surface area contributed by atoms with Gasteiger partial charge in [0.2, 0.25) is 17.6 Å². The highest BCUT2D eigenvalue weighted by Gasteiger charge is 2.45. The Bertz CT molecular complexity index is 1780. The summed E-state index contributed by atoms with van der Waals surface area (Å²) in [6, 6.07) is -0.754. The average Bonchev–Trinajstić information content (AvgIpc) is 3.89. The van der Waals surface area contributed by atoms with Crippen molar-refractivity contribution in [1.29, 1.82) is 0 Å². The van der Waals surface area contributed by atoms with Crippen LogP contribution in [0, 0.1) is 5.92 Å². The van der Waals surface area contributed by atoms with Crippen molar-refractivity contribution in [3.8, 4) is 0 Å². The molecule has 2 aliphatic rings. The number of nitrogens with two attached hydrogens (primary N) is 1. The van der Waals surface area contributed by atoms with Gasteiger partial charge in [0.1, 0.15) is 23.4 Å². The summed E-state index contributed by atoms with van der Waals surface area (Å²) >= 11 is 0. The highest BCUT2D eigenvalue weighted by atomic mass is 16.4. The van der Waals surface area contributed by atoms with E-state index in [1.54, 1.807) is 38.4 Å². The standard InChI is InChI=1S/C35H48N10O8/c1-35(2,53)28-18-39-43-45(28)22-16-27(32(49)41-24(29(46)30(36)47)10-6-7-12-38-34(51)52)44(19-22)33(50)26(14-20-8-4-3-5-9-20)42-31(48)25-15-21-17-37-13-11-23(21)40-25/h11,13,15,17-18,20,22,24,26-27,38,40,53H,3-10,12,14,16,19H2,1-2H3,(H2,36,47)(H,41,49)(H,42,48)(H,51,52)/t22-,24?,26?,27-/m0/s1. The van der Waals surface area contributed by atoms with E-state index < -0.39 is 65.3 Å². The summed E-state index contributed by atoms with van der Waals surface area (Å²) in [6.45, 7) is 3.18. The molecule has 1 saturated heterocycles. The summed E-state index contributed by atoms with van der Waals surface area (Å²) in [6.07, 6.45) is 9.22. The van der Waals surface area contributed by atoms with E-state index in [2.05, 4.69) is 36.2 Å². The number of amides is 5. The zero-order valence-corrected chi connectivity index (χ0v) is 29.9. The summed E-state index contributed by atoms with van der Waals surface area (Å²) in [5.74, 6) is -3.87. The number of nitrogens with zero attached hydrogens (tertiary/aromatic N) is 5. The van der Waals surface area contributed by atoms with Crippen molar-refractivity contribution in [2.75, 3.05) is 13.1 Å². The van der Waals surface area contributed by atoms with Crippen molar-refractivity contribution < 1.29 is 39.0 Å². The Morgan fingerprint density at radius 2 is 1.81 bits per heavy atom. The van der Waals surface area contributed by atoms with Crippen molar-refractivity contribution in [3.05, 3.63) is 42.1 Å². The number of carboxylic acid groups (broad SMARTS) is 1. The Kier molecular flexibility index (Phi) is 12.4. The van der Waals surface area contributed by atoms with E-state index >= 15 is 0 Å². The van der Waals surface area contributed by atoms with Crippen LogP contribution in [0.1, 0.15) is 100 Å². The number of Topliss-reactive ketones (excluding diaryl/α,β-unsaturated/α-hetero) is 1. The van der Waals surface area contributed by atoms with Gasteiger partial charge in [0.15, 0.2) is 0 Å². The molecule has 53 heavy (non-hydrogen) atoms. The highest BCUT2D eigenvalue weighted by Crippen LogP contribution is 2.33. The SMILES string of the molecule is CC(C)(O)c1cnnn1[C@H]1C[C@@H](C(=O)NC(CCCCNC(=O)O)C(=O)C(N)=O)N(C(=O)C(CC2CCCCC2)NC(=O)c2cc3cnccc3[nH]2)C1. The first kappa shape index (κ1) is 38.8. The molecule has 3 aromatic heterocycles. The van der Waals surface area contributed by atoms with Gasteiger partial charge in [0.05, 0.1) is 24.0 Å². The van der Waals surface area contributed by atoms with Crippen LogP contribution in [0.5, 0.6) is 0 Å². The molecule has 4 heterocycles. The van der Waals surface area contributed by atoms with Crippen LogP contribution in [0.4, 0.5) is 4.79 Å². The first-order valence-electron chi connectivity index (χ1n) is 18.0. The Balaban J connectivity index is 1.43. The summed E-state index contributed by atoms with van der Waals surface area (Å²) in [5.41, 5.74) is 5.26. The monoisotopic (exact) mass is 736 g/mol. The molecular formula is C35H48N10O8. The number of likely N-dealkylation sites (tertiary alicyclic amines) is 1. The summed E-state index contributed by atoms with van der Waals surface area (Å²) in [5, 5.41) is 36.3. The number of nitrogens with one attached hydrogen (secondary N) is 4. The van der Waals surface area contributed by atoms with Gasteiger partial charge in [0.25, 0.3) is 11.8 Å². The molecule has 18 heteroatoms. The fourth-order valence-corrected chi connectivity index (χ4v) is 7.32. The average molecular weight is 737 g/mol. The number of primary amides is 1. The van der Waals surface area contributed by atoms with E-state index in [4.69, 9.17) is 10.8 Å². The molecule has 0 aromatic carbocycles. The third kappa shape index (κ3) is 9.74. The number of pyridine rings is 1. The van der Waals surface area contributed by atoms with Gasteiger partial charge in [-0.1, -0.05) is 37.3 Å². The molecule has 3 aromatic rings. The molecule has 18 nitrogen and oxygen atoms in total. The van der Waals surface area contributed by atoms with Crippen molar-refractivity contribution in [3.63, 3.8) is 0 Å². The highest BCUT2D eigenvalue weighted by molar-refractivity contribution is 6.37. The van der Waals surface area contributed by atoms with E-state index in [9.17, 15) is 33.9 Å². The number of carbonyl (C=O) groups is 6. The number of rotatable bonds is 16. The normalized spacial score (nSPS) is 19.0. The summed E-state index contributed by atoms with van der Waals surface area (Å²) in [4.78, 5) is 86.7. The predicted octanol–water partition coefficient (Wildman–Crippen LogP) is 1.27. The van der Waals surface area contributed by atoms with Crippen molar-refractivity contribution in [2.24, 2.45) is 11.7 Å². The largest absolute Gasteiger partial charge is 0.465 e. The maximum Gasteiger partial charge on any atom is 0.404 e. The third-order valence-electron chi connectivity index (χ3n) is 10.0. The van der Waals surface area contributed by atoms with Crippen LogP contribution in [0.2, 0.25) is 0 Å². The molecule has 1 saturated carbocycles. The number of fused-ring (bicyclic) bond motifs is 1. The fraction of sp³-hybridized carbons (Fsp3) is 0.571. The van der Waals surface area contributed by atoms with Crippen LogP contribution in [-0.2, 0) is 24.8 Å². The Hall–Kier alpha value is -5.39. The molecule has 0 spiro atoms. The van der Waals surface area contributed by atoms with E-state index in [1.807, 2.05) is 0 Å². The molecular weight excluding hydrogens is 688 g/mol. The topological polar surface area (TPSA) is 268 Å². The molecule has 2 fully saturated rings. The van der Waals surface area contributed by atoms with Gasteiger partial charge >= 0.3 is 6.09 Å². The van der Waals surface area contributed by atoms with Gasteiger partial charge in [-0.05, 0) is 57.6 Å². The maximum absolute atomic E-state index is 14.7. The second-order valence-corrected chi connectivity index (χ2v) is 14.4. The van der Waals surface area contributed by atoms with Crippen LogP contribution < -0.4 is 21.7 Å². The maximum atomic E-state index is 14.7. The molecule has 5 rings (SSSR count). The lowest BCUT2D eigenvalue weighted by Crippen LogP contribution is -2.56.